The Morgan fingerprint density at radius 2 is 1.71 bits per heavy atom. The molecule has 0 radical (unpaired) electrons. The van der Waals surface area contributed by atoms with E-state index in [0.717, 1.165) is 30.1 Å². The van der Waals surface area contributed by atoms with Crippen molar-refractivity contribution in [3.8, 4) is 5.75 Å². The van der Waals surface area contributed by atoms with Gasteiger partial charge in [0.1, 0.15) is 5.75 Å². The molecule has 0 spiro atoms. The first-order valence-corrected chi connectivity index (χ1v) is 14.9. The van der Waals surface area contributed by atoms with Crippen LogP contribution in [-0.4, -0.2) is 36.1 Å². The van der Waals surface area contributed by atoms with E-state index in [2.05, 4.69) is 31.5 Å². The average Bonchev–Trinajstić information content (AvgIpc) is 2.99. The number of nitrogens with zero attached hydrogens (tertiary/aromatic N) is 2. The first kappa shape index (κ1) is 27.8. The fourth-order valence-corrected chi connectivity index (χ4v) is 6.45. The van der Waals surface area contributed by atoms with Crippen molar-refractivity contribution >= 4 is 44.8 Å². The topological polar surface area (TPSA) is 92.7 Å². The molecule has 0 unspecified atom stereocenters. The molecule has 6 rings (SSSR count). The van der Waals surface area contributed by atoms with Crippen LogP contribution in [0.5, 0.6) is 5.75 Å². The number of anilines is 3. The predicted molar refractivity (Wildman–Crippen MR) is 168 cm³/mol. The number of amides is 2. The lowest BCUT2D eigenvalue weighted by Gasteiger charge is -2.44. The van der Waals surface area contributed by atoms with E-state index in [9.17, 15) is 14.4 Å². The summed E-state index contributed by atoms with van der Waals surface area (Å²) in [6.45, 7) is 4.60. The Hall–Kier alpha value is -4.37. The van der Waals surface area contributed by atoms with E-state index in [1.54, 1.807) is 36.4 Å². The number of aromatic nitrogens is 1. The summed E-state index contributed by atoms with van der Waals surface area (Å²) in [5.74, 6) is 0.662. The fraction of sp³-hybridized carbons (Fsp3) is 0.242. The third-order valence-corrected chi connectivity index (χ3v) is 8.56. The van der Waals surface area contributed by atoms with Crippen molar-refractivity contribution in [3.63, 3.8) is 0 Å². The zero-order valence-corrected chi connectivity index (χ0v) is 24.8. The summed E-state index contributed by atoms with van der Waals surface area (Å²) < 4.78 is 8.08. The monoisotopic (exact) mass is 626 g/mol. The maximum atomic E-state index is 13.4. The lowest BCUT2D eigenvalue weighted by molar-refractivity contribution is 0.101. The Morgan fingerprint density at radius 3 is 2.50 bits per heavy atom. The van der Waals surface area contributed by atoms with Crippen molar-refractivity contribution in [3.05, 3.63) is 117 Å². The third-order valence-electron chi connectivity index (χ3n) is 7.87. The zero-order chi connectivity index (χ0) is 29.2. The number of nitrogens with one attached hydrogen (secondary N) is 2. The van der Waals surface area contributed by atoms with Crippen LogP contribution in [0.25, 0.3) is 0 Å². The number of halogens is 1. The van der Waals surface area contributed by atoms with E-state index in [0.29, 0.717) is 52.6 Å². The largest absolute Gasteiger partial charge is 0.494 e. The molecule has 1 aromatic heterocycles. The van der Waals surface area contributed by atoms with Gasteiger partial charge < -0.3 is 24.8 Å². The molecule has 2 aliphatic rings. The molecule has 2 atom stereocenters. The van der Waals surface area contributed by atoms with Crippen molar-refractivity contribution in [2.75, 3.05) is 35.2 Å². The minimum atomic E-state index is -0.286. The molecule has 42 heavy (non-hydrogen) atoms. The van der Waals surface area contributed by atoms with Crippen LogP contribution in [0.15, 0.2) is 94.2 Å². The van der Waals surface area contributed by atoms with Gasteiger partial charge in [-0.1, -0.05) is 18.2 Å². The normalized spacial score (nSPS) is 17.2. The summed E-state index contributed by atoms with van der Waals surface area (Å²) in [6, 6.07) is 25.4. The number of piperidine rings is 1. The number of hydrogen-bond acceptors (Lipinski definition) is 5. The van der Waals surface area contributed by atoms with Gasteiger partial charge in [-0.15, -0.1) is 0 Å². The summed E-state index contributed by atoms with van der Waals surface area (Å²) in [6.07, 6.45) is 1.02. The molecule has 214 valence electrons. The number of fused-ring (bicyclic) bond motifs is 4. The van der Waals surface area contributed by atoms with Crippen molar-refractivity contribution in [2.45, 2.75) is 25.8 Å². The second-order valence-corrected chi connectivity index (χ2v) is 11.5. The highest BCUT2D eigenvalue weighted by molar-refractivity contribution is 9.10. The van der Waals surface area contributed by atoms with Crippen LogP contribution in [0.1, 0.15) is 45.7 Å². The molecule has 2 N–H and O–H groups in total. The smallest absolute Gasteiger partial charge is 0.256 e. The molecular weight excluding hydrogens is 596 g/mol. The Labute approximate surface area is 252 Å². The SMILES string of the molecule is CCOc1ccc(NC(=O)c2ccc(N3C[C@H]4C[C@@H](C3)c3cccc(=O)n3C4)c(NC(=O)c3ccccc3Br)c2)cc1. The number of carbonyl (C=O) groups is 2. The Morgan fingerprint density at radius 1 is 0.905 bits per heavy atom. The number of ether oxygens (including phenoxy) is 1. The molecule has 3 heterocycles. The third kappa shape index (κ3) is 5.69. The van der Waals surface area contributed by atoms with Crippen molar-refractivity contribution in [1.29, 1.82) is 0 Å². The van der Waals surface area contributed by atoms with Crippen LogP contribution in [0.3, 0.4) is 0 Å². The molecule has 3 aromatic carbocycles. The lowest BCUT2D eigenvalue weighted by Crippen LogP contribution is -2.47. The van der Waals surface area contributed by atoms with Gasteiger partial charge in [-0.3, -0.25) is 14.4 Å². The molecule has 1 fully saturated rings. The van der Waals surface area contributed by atoms with Gasteiger partial charge in [0.15, 0.2) is 0 Å². The molecule has 9 heteroatoms. The summed E-state index contributed by atoms with van der Waals surface area (Å²) >= 11 is 3.48. The van der Waals surface area contributed by atoms with E-state index < -0.39 is 0 Å². The van der Waals surface area contributed by atoms with Gasteiger partial charge in [0.05, 0.1) is 23.5 Å². The fourth-order valence-electron chi connectivity index (χ4n) is 5.99. The zero-order valence-electron chi connectivity index (χ0n) is 23.2. The molecular formula is C33H31BrN4O4. The van der Waals surface area contributed by atoms with Crippen LogP contribution in [0, 0.1) is 5.92 Å². The van der Waals surface area contributed by atoms with Gasteiger partial charge in [0, 0.05) is 53.0 Å². The van der Waals surface area contributed by atoms with E-state index in [-0.39, 0.29) is 23.3 Å². The van der Waals surface area contributed by atoms with Crippen LogP contribution < -0.4 is 25.8 Å². The van der Waals surface area contributed by atoms with E-state index in [1.807, 2.05) is 60.0 Å². The van der Waals surface area contributed by atoms with Gasteiger partial charge in [0.2, 0.25) is 0 Å². The van der Waals surface area contributed by atoms with Crippen molar-refractivity contribution in [2.24, 2.45) is 5.92 Å². The summed E-state index contributed by atoms with van der Waals surface area (Å²) in [4.78, 5) is 41.5. The van der Waals surface area contributed by atoms with Gasteiger partial charge in [-0.05, 0) is 95.9 Å². The molecule has 2 aliphatic heterocycles. The Balaban J connectivity index is 1.31. The van der Waals surface area contributed by atoms with E-state index in [4.69, 9.17) is 4.74 Å². The summed E-state index contributed by atoms with van der Waals surface area (Å²) in [5, 5.41) is 6.01. The van der Waals surface area contributed by atoms with Crippen LogP contribution in [-0.2, 0) is 6.54 Å². The van der Waals surface area contributed by atoms with Crippen molar-refractivity contribution in [1.82, 2.24) is 4.57 Å². The molecule has 4 aromatic rings. The minimum Gasteiger partial charge on any atom is -0.494 e. The Bertz CT molecular complexity index is 1700. The molecule has 0 aliphatic carbocycles. The highest BCUT2D eigenvalue weighted by atomic mass is 79.9. The standard InChI is InChI=1S/C33H31BrN4O4/c1-2-42-25-13-11-24(12-14-25)35-32(40)22-10-15-30(28(17-22)36-33(41)26-6-3-4-7-27(26)34)37-18-21-16-23(20-37)29-8-5-9-31(39)38(29)19-21/h3-15,17,21,23H,2,16,18-20H2,1H3,(H,35,40)(H,36,41)/t21-,23+/m1/s1. The average molecular weight is 628 g/mol. The molecule has 1 saturated heterocycles. The number of carbonyl (C=O) groups excluding carboxylic acids is 2. The summed E-state index contributed by atoms with van der Waals surface area (Å²) in [7, 11) is 0. The van der Waals surface area contributed by atoms with Gasteiger partial charge in [0.25, 0.3) is 17.4 Å². The van der Waals surface area contributed by atoms with Crippen molar-refractivity contribution < 1.29 is 14.3 Å². The first-order chi connectivity index (χ1) is 20.4. The highest BCUT2D eigenvalue weighted by Gasteiger charge is 2.35. The maximum absolute atomic E-state index is 13.4. The second-order valence-electron chi connectivity index (χ2n) is 10.7. The van der Waals surface area contributed by atoms with Crippen LogP contribution in [0.2, 0.25) is 0 Å². The Kier molecular flexibility index (Phi) is 7.84. The van der Waals surface area contributed by atoms with E-state index in [1.165, 1.54) is 0 Å². The molecule has 8 nitrogen and oxygen atoms in total. The molecule has 0 saturated carbocycles. The van der Waals surface area contributed by atoms with Gasteiger partial charge >= 0.3 is 0 Å². The number of benzene rings is 3. The van der Waals surface area contributed by atoms with Crippen LogP contribution >= 0.6 is 15.9 Å². The van der Waals surface area contributed by atoms with Crippen LogP contribution in [0.4, 0.5) is 17.1 Å². The minimum absolute atomic E-state index is 0.0416. The lowest BCUT2D eigenvalue weighted by atomic mass is 9.83. The quantitative estimate of drug-likeness (QED) is 0.257. The van der Waals surface area contributed by atoms with Gasteiger partial charge in [-0.2, -0.15) is 0 Å². The number of hydrogen-bond donors (Lipinski definition) is 2. The molecule has 2 bridgehead atoms. The predicted octanol–water partition coefficient (Wildman–Crippen LogP) is 6.14. The maximum Gasteiger partial charge on any atom is 0.256 e. The second kappa shape index (κ2) is 11.9. The first-order valence-electron chi connectivity index (χ1n) is 14.1. The number of pyridine rings is 1. The summed E-state index contributed by atoms with van der Waals surface area (Å²) in [5.41, 5.74) is 4.05. The molecule has 2 amide bonds. The number of rotatable bonds is 7. The van der Waals surface area contributed by atoms with E-state index >= 15 is 0 Å². The highest BCUT2D eigenvalue weighted by Crippen LogP contribution is 2.39. The van der Waals surface area contributed by atoms with Gasteiger partial charge in [-0.25, -0.2) is 0 Å².